The molecule has 1 fully saturated rings. The standard InChI is InChI=1S/C10H17N3O4/c1-6(10(14)15-2)13-3-8(11)9(12-13)17-7-4-16-5-7/h6-8H,3-5,11H2,1-2H3. The van der Waals surface area contributed by atoms with Crippen LogP contribution in [0.4, 0.5) is 0 Å². The molecule has 2 N–H and O–H groups in total. The molecular weight excluding hydrogens is 226 g/mol. The van der Waals surface area contributed by atoms with Crippen molar-refractivity contribution < 1.29 is 19.0 Å². The van der Waals surface area contributed by atoms with Crippen LogP contribution in [0.15, 0.2) is 5.10 Å². The molecule has 2 aliphatic rings. The van der Waals surface area contributed by atoms with E-state index in [1.165, 1.54) is 7.11 Å². The largest absolute Gasteiger partial charge is 0.470 e. The van der Waals surface area contributed by atoms with Crippen LogP contribution >= 0.6 is 0 Å². The van der Waals surface area contributed by atoms with Crippen molar-refractivity contribution in [2.75, 3.05) is 26.9 Å². The topological polar surface area (TPSA) is 86.4 Å². The van der Waals surface area contributed by atoms with E-state index in [0.29, 0.717) is 25.7 Å². The molecule has 0 spiro atoms. The number of hydrogen-bond donors (Lipinski definition) is 1. The molecule has 0 amide bonds. The first-order valence-corrected chi connectivity index (χ1v) is 5.54. The smallest absolute Gasteiger partial charge is 0.329 e. The summed E-state index contributed by atoms with van der Waals surface area (Å²) in [4.78, 5) is 11.4. The lowest BCUT2D eigenvalue weighted by atomic mass is 10.2. The molecule has 0 aromatic heterocycles. The van der Waals surface area contributed by atoms with Gasteiger partial charge < -0.3 is 19.9 Å². The van der Waals surface area contributed by atoms with Crippen molar-refractivity contribution in [2.45, 2.75) is 25.1 Å². The summed E-state index contributed by atoms with van der Waals surface area (Å²) in [6.07, 6.45) is 0.0354. The number of hydrazone groups is 1. The van der Waals surface area contributed by atoms with E-state index in [2.05, 4.69) is 9.84 Å². The first-order chi connectivity index (χ1) is 8.11. The van der Waals surface area contributed by atoms with Gasteiger partial charge in [-0.1, -0.05) is 0 Å². The van der Waals surface area contributed by atoms with Crippen molar-refractivity contribution in [3.8, 4) is 0 Å². The van der Waals surface area contributed by atoms with E-state index in [0.717, 1.165) is 0 Å². The highest BCUT2D eigenvalue weighted by molar-refractivity contribution is 5.84. The van der Waals surface area contributed by atoms with Gasteiger partial charge in [0.15, 0.2) is 0 Å². The Balaban J connectivity index is 1.95. The van der Waals surface area contributed by atoms with Crippen LogP contribution in [0.5, 0.6) is 0 Å². The van der Waals surface area contributed by atoms with E-state index in [4.69, 9.17) is 15.2 Å². The third kappa shape index (κ3) is 2.50. The molecule has 0 aromatic rings. The predicted octanol–water partition coefficient (Wildman–Crippen LogP) is -1.08. The molecule has 7 nitrogen and oxygen atoms in total. The zero-order valence-electron chi connectivity index (χ0n) is 9.96. The average Bonchev–Trinajstić information content (AvgIpc) is 2.63. The van der Waals surface area contributed by atoms with Gasteiger partial charge in [0, 0.05) is 0 Å². The summed E-state index contributed by atoms with van der Waals surface area (Å²) in [5, 5.41) is 5.79. The molecule has 0 bridgehead atoms. The zero-order chi connectivity index (χ0) is 12.4. The minimum absolute atomic E-state index is 0.0354. The van der Waals surface area contributed by atoms with Gasteiger partial charge in [0.25, 0.3) is 0 Å². The minimum atomic E-state index is -0.454. The third-order valence-electron chi connectivity index (χ3n) is 2.81. The molecule has 17 heavy (non-hydrogen) atoms. The van der Waals surface area contributed by atoms with E-state index in [1.54, 1.807) is 11.9 Å². The molecule has 0 aromatic carbocycles. The maximum Gasteiger partial charge on any atom is 0.329 e. The van der Waals surface area contributed by atoms with Crippen molar-refractivity contribution >= 4 is 11.9 Å². The van der Waals surface area contributed by atoms with Gasteiger partial charge >= 0.3 is 5.97 Å². The van der Waals surface area contributed by atoms with E-state index < -0.39 is 6.04 Å². The maximum atomic E-state index is 11.4. The number of nitrogens with two attached hydrogens (primary N) is 1. The highest BCUT2D eigenvalue weighted by Crippen LogP contribution is 2.15. The maximum absolute atomic E-state index is 11.4. The van der Waals surface area contributed by atoms with Gasteiger partial charge in [-0.25, -0.2) is 4.79 Å². The van der Waals surface area contributed by atoms with Crippen molar-refractivity contribution in [2.24, 2.45) is 10.8 Å². The summed E-state index contributed by atoms with van der Waals surface area (Å²) in [6.45, 7) is 3.31. The Kier molecular flexibility index (Phi) is 3.49. The molecule has 0 aliphatic carbocycles. The van der Waals surface area contributed by atoms with Crippen LogP contribution in [0, 0.1) is 0 Å². The van der Waals surface area contributed by atoms with Crippen molar-refractivity contribution in [3.63, 3.8) is 0 Å². The summed E-state index contributed by atoms with van der Waals surface area (Å²) in [5.74, 6) is 0.128. The number of esters is 1. The Morgan fingerprint density at radius 1 is 1.65 bits per heavy atom. The SMILES string of the molecule is COC(=O)C(C)N1CC(N)C(OC2COC2)=N1. The summed E-state index contributed by atoms with van der Waals surface area (Å²) in [5.41, 5.74) is 5.89. The van der Waals surface area contributed by atoms with Gasteiger partial charge in [0.05, 0.1) is 26.9 Å². The number of ether oxygens (including phenoxy) is 3. The molecule has 1 saturated heterocycles. The Hall–Kier alpha value is -1.34. The number of rotatable bonds is 3. The van der Waals surface area contributed by atoms with Crippen LogP contribution in [0.2, 0.25) is 0 Å². The Labute approximate surface area is 99.5 Å². The van der Waals surface area contributed by atoms with Crippen molar-refractivity contribution in [3.05, 3.63) is 0 Å². The molecule has 2 aliphatic heterocycles. The van der Waals surface area contributed by atoms with E-state index in [1.807, 2.05) is 0 Å². The second-order valence-corrected chi connectivity index (χ2v) is 4.14. The van der Waals surface area contributed by atoms with Gasteiger partial charge in [-0.05, 0) is 6.92 Å². The molecule has 2 atom stereocenters. The Morgan fingerprint density at radius 3 is 2.88 bits per heavy atom. The van der Waals surface area contributed by atoms with Crippen LogP contribution in [0.3, 0.4) is 0 Å². The second kappa shape index (κ2) is 4.89. The summed E-state index contributed by atoms with van der Waals surface area (Å²) >= 11 is 0. The van der Waals surface area contributed by atoms with Gasteiger partial charge in [-0.2, -0.15) is 0 Å². The second-order valence-electron chi connectivity index (χ2n) is 4.14. The predicted molar refractivity (Wildman–Crippen MR) is 59.3 cm³/mol. The number of nitrogens with zero attached hydrogens (tertiary/aromatic N) is 2. The van der Waals surface area contributed by atoms with Crippen molar-refractivity contribution in [1.29, 1.82) is 0 Å². The quantitative estimate of drug-likeness (QED) is 0.634. The average molecular weight is 243 g/mol. The first kappa shape index (κ1) is 12.1. The fourth-order valence-electron chi connectivity index (χ4n) is 1.62. The molecule has 0 saturated carbocycles. The lowest BCUT2D eigenvalue weighted by Crippen LogP contribution is -2.43. The van der Waals surface area contributed by atoms with Crippen LogP contribution in [-0.2, 0) is 19.0 Å². The summed E-state index contributed by atoms with van der Waals surface area (Å²) < 4.78 is 15.2. The lowest BCUT2D eigenvalue weighted by molar-refractivity contribution is -0.146. The van der Waals surface area contributed by atoms with Gasteiger partial charge in [-0.15, -0.1) is 5.10 Å². The first-order valence-electron chi connectivity index (χ1n) is 5.54. The fourth-order valence-corrected chi connectivity index (χ4v) is 1.62. The van der Waals surface area contributed by atoms with Crippen LogP contribution in [-0.4, -0.2) is 61.9 Å². The number of hydrogen-bond acceptors (Lipinski definition) is 7. The summed E-state index contributed by atoms with van der Waals surface area (Å²) in [6, 6.07) is -0.757. The van der Waals surface area contributed by atoms with Crippen LogP contribution in [0.1, 0.15) is 6.92 Å². The normalized spacial score (nSPS) is 26.2. The molecule has 2 unspecified atom stereocenters. The number of carbonyl (C=O) groups is 1. The summed E-state index contributed by atoms with van der Waals surface area (Å²) in [7, 11) is 1.35. The monoisotopic (exact) mass is 243 g/mol. The van der Waals surface area contributed by atoms with Gasteiger partial charge in [0.1, 0.15) is 18.2 Å². The highest BCUT2D eigenvalue weighted by Gasteiger charge is 2.34. The highest BCUT2D eigenvalue weighted by atomic mass is 16.6. The lowest BCUT2D eigenvalue weighted by Gasteiger charge is -2.26. The fraction of sp³-hybridized carbons (Fsp3) is 0.800. The molecular formula is C10H17N3O4. The third-order valence-corrected chi connectivity index (χ3v) is 2.81. The zero-order valence-corrected chi connectivity index (χ0v) is 9.96. The molecule has 2 rings (SSSR count). The van der Waals surface area contributed by atoms with E-state index >= 15 is 0 Å². The number of carbonyl (C=O) groups excluding carboxylic acids is 1. The molecule has 2 heterocycles. The van der Waals surface area contributed by atoms with Crippen LogP contribution < -0.4 is 5.73 Å². The number of methoxy groups -OCH3 is 1. The van der Waals surface area contributed by atoms with Crippen molar-refractivity contribution in [1.82, 2.24) is 5.01 Å². The van der Waals surface area contributed by atoms with E-state index in [9.17, 15) is 4.79 Å². The minimum Gasteiger partial charge on any atom is -0.470 e. The van der Waals surface area contributed by atoms with Crippen LogP contribution in [0.25, 0.3) is 0 Å². The molecule has 0 radical (unpaired) electrons. The Morgan fingerprint density at radius 2 is 2.35 bits per heavy atom. The Bertz CT molecular complexity index is 330. The van der Waals surface area contributed by atoms with Gasteiger partial charge in [-0.3, -0.25) is 5.01 Å². The van der Waals surface area contributed by atoms with E-state index in [-0.39, 0.29) is 18.1 Å². The molecule has 96 valence electrons. The van der Waals surface area contributed by atoms with Gasteiger partial charge in [0.2, 0.25) is 5.90 Å². The molecule has 7 heteroatoms.